The van der Waals surface area contributed by atoms with E-state index in [0.717, 1.165) is 7.11 Å². The highest BCUT2D eigenvalue weighted by molar-refractivity contribution is 5.75. The number of nitro groups is 1. The molecule has 0 bridgehead atoms. The van der Waals surface area contributed by atoms with Gasteiger partial charge in [-0.05, 0) is 0 Å². The number of nitrogens with zero attached hydrogens (tertiary/aromatic N) is 3. The van der Waals surface area contributed by atoms with Crippen LogP contribution in [-0.4, -0.2) is 23.0 Å². The zero-order valence-corrected chi connectivity index (χ0v) is 9.59. The second-order valence-electron chi connectivity index (χ2n) is 3.30. The van der Waals surface area contributed by atoms with E-state index in [1.165, 1.54) is 6.07 Å². The average molecular weight is 271 g/mol. The van der Waals surface area contributed by atoms with E-state index in [-0.39, 0.29) is 0 Å². The van der Waals surface area contributed by atoms with Crippen LogP contribution >= 0.6 is 0 Å². The Balaban J connectivity index is 3.51. The highest BCUT2D eigenvalue weighted by Gasteiger charge is 2.27. The zero-order valence-electron chi connectivity index (χ0n) is 9.59. The third kappa shape index (κ3) is 2.98. The Labute approximate surface area is 105 Å². The summed E-state index contributed by atoms with van der Waals surface area (Å²) in [7, 11) is 1.04. The summed E-state index contributed by atoms with van der Waals surface area (Å²) in [6.45, 7) is 0. The number of hydrogen-bond donors (Lipinski definition) is 0. The van der Waals surface area contributed by atoms with Crippen molar-refractivity contribution in [2.75, 3.05) is 7.11 Å². The molecule has 0 N–H and O–H groups in total. The van der Waals surface area contributed by atoms with Gasteiger partial charge in [0.05, 0.1) is 29.6 Å². The summed E-state index contributed by atoms with van der Waals surface area (Å²) in [5.41, 5.74) is -2.67. The molecule has 0 aliphatic heterocycles. The monoisotopic (exact) mass is 271 g/mol. The molecule has 7 nitrogen and oxygen atoms in total. The quantitative estimate of drug-likeness (QED) is 0.466. The fourth-order valence-corrected chi connectivity index (χ4v) is 1.40. The molecule has 0 aliphatic rings. The van der Waals surface area contributed by atoms with Crippen molar-refractivity contribution in [3.63, 3.8) is 0 Å². The number of methoxy groups -OCH3 is 1. The van der Waals surface area contributed by atoms with Gasteiger partial charge in [0.1, 0.15) is 18.0 Å². The van der Waals surface area contributed by atoms with Gasteiger partial charge in [0.2, 0.25) is 0 Å². The number of esters is 1. The third-order valence-electron chi connectivity index (χ3n) is 2.26. The molecule has 1 aromatic heterocycles. The maximum Gasteiger partial charge on any atom is 0.310 e. The van der Waals surface area contributed by atoms with Gasteiger partial charge in [0, 0.05) is 0 Å². The first kappa shape index (κ1) is 14.4. The Hall–Kier alpha value is -2.63. The molecule has 19 heavy (non-hydrogen) atoms. The summed E-state index contributed by atoms with van der Waals surface area (Å²) in [6.07, 6.45) is -3.13. The Bertz CT molecular complexity index is 569. The summed E-state index contributed by atoms with van der Waals surface area (Å²) < 4.78 is 29.6. The minimum Gasteiger partial charge on any atom is -0.469 e. The van der Waals surface area contributed by atoms with E-state index in [9.17, 15) is 23.7 Å². The number of ether oxygens (including phenoxy) is 1. The number of alkyl halides is 2. The summed E-state index contributed by atoms with van der Waals surface area (Å²) in [5.74, 6) is -0.883. The fourth-order valence-electron chi connectivity index (χ4n) is 1.40. The second kappa shape index (κ2) is 5.81. The predicted octanol–water partition coefficient (Wildman–Crippen LogP) is 1.51. The van der Waals surface area contributed by atoms with Gasteiger partial charge in [-0.3, -0.25) is 14.9 Å². The van der Waals surface area contributed by atoms with E-state index in [4.69, 9.17) is 5.26 Å². The largest absolute Gasteiger partial charge is 0.469 e. The van der Waals surface area contributed by atoms with Gasteiger partial charge in [0.15, 0.2) is 0 Å². The number of rotatable bonds is 4. The Kier molecular flexibility index (Phi) is 4.41. The van der Waals surface area contributed by atoms with Crippen LogP contribution < -0.4 is 0 Å². The lowest BCUT2D eigenvalue weighted by Gasteiger charge is -2.07. The van der Waals surface area contributed by atoms with Gasteiger partial charge >= 0.3 is 5.97 Å². The molecule has 0 radical (unpaired) electrons. The van der Waals surface area contributed by atoms with Crippen molar-refractivity contribution in [3.8, 4) is 6.07 Å². The maximum absolute atomic E-state index is 12.6. The van der Waals surface area contributed by atoms with Crippen molar-refractivity contribution < 1.29 is 23.2 Å². The Morgan fingerprint density at radius 1 is 1.68 bits per heavy atom. The smallest absolute Gasteiger partial charge is 0.310 e. The lowest BCUT2D eigenvalue weighted by atomic mass is 10.0. The van der Waals surface area contributed by atoms with Crippen molar-refractivity contribution >= 4 is 11.7 Å². The number of aromatic nitrogens is 1. The number of carbonyl (C=O) groups is 1. The van der Waals surface area contributed by atoms with Crippen molar-refractivity contribution in [3.05, 3.63) is 33.1 Å². The predicted molar refractivity (Wildman–Crippen MR) is 56.3 cm³/mol. The summed E-state index contributed by atoms with van der Waals surface area (Å²) in [4.78, 5) is 24.2. The molecule has 0 spiro atoms. The molecule has 0 saturated carbocycles. The van der Waals surface area contributed by atoms with Crippen LogP contribution in [0.1, 0.15) is 23.2 Å². The molecule has 0 amide bonds. The molecule has 0 atom stereocenters. The van der Waals surface area contributed by atoms with Gasteiger partial charge in [0.25, 0.3) is 12.1 Å². The number of carbonyl (C=O) groups excluding carboxylic acids is 1. The molecule has 0 saturated heterocycles. The first-order valence-electron chi connectivity index (χ1n) is 4.83. The van der Waals surface area contributed by atoms with Gasteiger partial charge < -0.3 is 4.74 Å². The lowest BCUT2D eigenvalue weighted by Crippen LogP contribution is -2.11. The number of hydrogen-bond acceptors (Lipinski definition) is 6. The number of halogens is 2. The van der Waals surface area contributed by atoms with Crippen molar-refractivity contribution in [2.24, 2.45) is 0 Å². The molecule has 0 aromatic carbocycles. The van der Waals surface area contributed by atoms with Gasteiger partial charge in [-0.15, -0.1) is 0 Å². The first-order chi connectivity index (χ1) is 8.92. The zero-order chi connectivity index (χ0) is 14.6. The van der Waals surface area contributed by atoms with Crippen LogP contribution in [0.3, 0.4) is 0 Å². The second-order valence-corrected chi connectivity index (χ2v) is 3.30. The summed E-state index contributed by atoms with van der Waals surface area (Å²) >= 11 is 0. The molecule has 0 aliphatic carbocycles. The molecule has 0 fully saturated rings. The highest BCUT2D eigenvalue weighted by Crippen LogP contribution is 2.29. The Morgan fingerprint density at radius 2 is 2.32 bits per heavy atom. The highest BCUT2D eigenvalue weighted by atomic mass is 19.3. The van der Waals surface area contributed by atoms with Crippen LogP contribution in [0.2, 0.25) is 0 Å². The standard InChI is InChI=1S/C10H7F2N3O4/c1-19-8(16)2-5-6(3-13)9(10(11)12)14-4-7(5)15(17)18/h4,10H,2H2,1H3. The summed E-state index contributed by atoms with van der Waals surface area (Å²) in [5, 5.41) is 19.6. The van der Waals surface area contributed by atoms with E-state index >= 15 is 0 Å². The topological polar surface area (TPSA) is 106 Å². The molecule has 1 aromatic rings. The van der Waals surface area contributed by atoms with Crippen molar-refractivity contribution in [2.45, 2.75) is 12.8 Å². The van der Waals surface area contributed by atoms with Crippen LogP contribution in [0, 0.1) is 21.4 Å². The van der Waals surface area contributed by atoms with Crippen molar-refractivity contribution in [1.82, 2.24) is 4.98 Å². The van der Waals surface area contributed by atoms with Crippen LogP contribution in [0.15, 0.2) is 6.20 Å². The van der Waals surface area contributed by atoms with Crippen molar-refractivity contribution in [1.29, 1.82) is 5.26 Å². The molecular formula is C10H7F2N3O4. The van der Waals surface area contributed by atoms with Crippen LogP contribution in [0.25, 0.3) is 0 Å². The van der Waals surface area contributed by atoms with Gasteiger partial charge in [-0.1, -0.05) is 0 Å². The third-order valence-corrected chi connectivity index (χ3v) is 2.26. The maximum atomic E-state index is 12.6. The average Bonchev–Trinajstić information content (AvgIpc) is 2.37. The Morgan fingerprint density at radius 3 is 2.74 bits per heavy atom. The minimum atomic E-state index is -3.08. The molecular weight excluding hydrogens is 264 g/mol. The molecule has 1 heterocycles. The SMILES string of the molecule is COC(=O)Cc1c([N+](=O)[O-])cnc(C(F)F)c1C#N. The van der Waals surface area contributed by atoms with Gasteiger partial charge in [-0.25, -0.2) is 13.8 Å². The molecule has 100 valence electrons. The molecule has 0 unspecified atom stereocenters. The van der Waals surface area contributed by atoms with E-state index in [0.29, 0.717) is 6.20 Å². The van der Waals surface area contributed by atoms with E-state index in [2.05, 4.69) is 9.72 Å². The summed E-state index contributed by atoms with van der Waals surface area (Å²) in [6, 6.07) is 1.42. The van der Waals surface area contributed by atoms with E-state index < -0.39 is 46.2 Å². The van der Waals surface area contributed by atoms with Crippen LogP contribution in [0.4, 0.5) is 14.5 Å². The van der Waals surface area contributed by atoms with Crippen LogP contribution in [0.5, 0.6) is 0 Å². The van der Waals surface area contributed by atoms with Gasteiger partial charge in [-0.2, -0.15) is 5.26 Å². The number of pyridine rings is 1. The first-order valence-corrected chi connectivity index (χ1v) is 4.83. The normalized spacial score (nSPS) is 10.1. The van der Waals surface area contributed by atoms with E-state index in [1.807, 2.05) is 0 Å². The van der Waals surface area contributed by atoms with E-state index in [1.54, 1.807) is 0 Å². The number of nitriles is 1. The molecule has 9 heteroatoms. The molecule has 1 rings (SSSR count). The minimum absolute atomic E-state index is 0.426. The van der Waals surface area contributed by atoms with Crippen LogP contribution in [-0.2, 0) is 16.0 Å². The lowest BCUT2D eigenvalue weighted by molar-refractivity contribution is -0.385. The fraction of sp³-hybridized carbons (Fsp3) is 0.300.